The smallest absolute Gasteiger partial charge is 0.296 e. The van der Waals surface area contributed by atoms with Gasteiger partial charge in [0.15, 0.2) is 0 Å². The highest BCUT2D eigenvalue weighted by Crippen LogP contribution is 2.33. The monoisotopic (exact) mass is 459 g/mol. The van der Waals surface area contributed by atoms with Crippen LogP contribution in [0.2, 0.25) is 0 Å². The summed E-state index contributed by atoms with van der Waals surface area (Å²) in [7, 11) is -2.33. The molecule has 13 heteroatoms. The molecule has 32 heavy (non-hydrogen) atoms. The summed E-state index contributed by atoms with van der Waals surface area (Å²) in [5.74, 6) is 0.389. The number of sulfonamides is 1. The van der Waals surface area contributed by atoms with Crippen molar-refractivity contribution in [2.45, 2.75) is 11.8 Å². The van der Waals surface area contributed by atoms with Crippen molar-refractivity contribution in [2.75, 3.05) is 38.2 Å². The maximum Gasteiger partial charge on any atom is 0.296 e. The molecule has 1 fully saturated rings. The van der Waals surface area contributed by atoms with Crippen LogP contribution in [-0.4, -0.2) is 71.1 Å². The van der Waals surface area contributed by atoms with Crippen molar-refractivity contribution in [3.05, 3.63) is 58.4 Å². The molecule has 0 aliphatic carbocycles. The third-order valence-corrected chi connectivity index (χ3v) is 7.40. The van der Waals surface area contributed by atoms with Gasteiger partial charge < -0.3 is 9.64 Å². The molecule has 0 bridgehead atoms. The van der Waals surface area contributed by atoms with Gasteiger partial charge in [0.1, 0.15) is 17.8 Å². The molecule has 0 amide bonds. The molecule has 0 saturated carbocycles. The van der Waals surface area contributed by atoms with E-state index in [1.54, 1.807) is 37.3 Å². The lowest BCUT2D eigenvalue weighted by Crippen LogP contribution is -2.48. The highest BCUT2D eigenvalue weighted by molar-refractivity contribution is 7.89. The Morgan fingerprint density at radius 3 is 2.47 bits per heavy atom. The summed E-state index contributed by atoms with van der Waals surface area (Å²) >= 11 is 0. The molecule has 12 nitrogen and oxygen atoms in total. The Morgan fingerprint density at radius 1 is 1.09 bits per heavy atom. The molecule has 4 rings (SSSR count). The van der Waals surface area contributed by atoms with E-state index in [9.17, 15) is 18.5 Å². The number of benzene rings is 2. The van der Waals surface area contributed by atoms with Gasteiger partial charge >= 0.3 is 0 Å². The maximum atomic E-state index is 13.4. The minimum Gasteiger partial charge on any atom is -0.496 e. The third-order valence-electron chi connectivity index (χ3n) is 5.36. The molecule has 1 aliphatic heterocycles. The predicted octanol–water partition coefficient (Wildman–Crippen LogP) is 1.40. The predicted molar refractivity (Wildman–Crippen MR) is 115 cm³/mol. The van der Waals surface area contributed by atoms with Gasteiger partial charge in [0, 0.05) is 26.2 Å². The molecular weight excluding hydrogens is 438 g/mol. The maximum absolute atomic E-state index is 13.4. The van der Waals surface area contributed by atoms with Crippen LogP contribution in [0.3, 0.4) is 0 Å². The summed E-state index contributed by atoms with van der Waals surface area (Å²) in [6.45, 7) is 2.75. The van der Waals surface area contributed by atoms with Gasteiger partial charge in [-0.25, -0.2) is 13.1 Å². The number of nitro benzene ring substituents is 1. The van der Waals surface area contributed by atoms with Gasteiger partial charge in [-0.3, -0.25) is 10.1 Å². The molecular formula is C19H21N7O5S. The van der Waals surface area contributed by atoms with E-state index in [4.69, 9.17) is 4.74 Å². The third kappa shape index (κ3) is 3.99. The van der Waals surface area contributed by atoms with E-state index in [0.29, 0.717) is 35.8 Å². The Hall–Kier alpha value is -3.58. The Bertz CT molecular complexity index is 1240. The Balaban J connectivity index is 1.56. The number of methoxy groups -OCH3 is 1. The number of hydrogen-bond acceptors (Lipinski definition) is 9. The van der Waals surface area contributed by atoms with E-state index in [1.807, 2.05) is 4.90 Å². The van der Waals surface area contributed by atoms with Crippen LogP contribution < -0.4 is 9.64 Å². The average Bonchev–Trinajstić information content (AvgIpc) is 3.34. The lowest BCUT2D eigenvalue weighted by molar-refractivity contribution is -0.384. The lowest BCUT2D eigenvalue weighted by Gasteiger charge is -2.35. The molecule has 0 radical (unpaired) electrons. The number of rotatable bonds is 6. The minimum absolute atomic E-state index is 0.0781. The van der Waals surface area contributed by atoms with Crippen molar-refractivity contribution in [3.63, 3.8) is 0 Å². The molecule has 0 spiro atoms. The fraction of sp³-hybridized carbons (Fsp3) is 0.316. The quantitative estimate of drug-likeness (QED) is 0.395. The van der Waals surface area contributed by atoms with Crippen molar-refractivity contribution >= 4 is 21.4 Å². The summed E-state index contributed by atoms with van der Waals surface area (Å²) in [6.07, 6.45) is 1.39. The van der Waals surface area contributed by atoms with Crippen LogP contribution in [0.4, 0.5) is 11.4 Å². The van der Waals surface area contributed by atoms with Crippen LogP contribution >= 0.6 is 0 Å². The fourth-order valence-electron chi connectivity index (χ4n) is 3.64. The summed E-state index contributed by atoms with van der Waals surface area (Å²) in [5.41, 5.74) is 1.50. The van der Waals surface area contributed by atoms with E-state index in [2.05, 4.69) is 15.5 Å². The van der Waals surface area contributed by atoms with Crippen molar-refractivity contribution < 1.29 is 18.1 Å². The number of hydrogen-bond donors (Lipinski definition) is 0. The summed E-state index contributed by atoms with van der Waals surface area (Å²) in [6, 6.07) is 9.64. The highest BCUT2D eigenvalue weighted by atomic mass is 32.2. The van der Waals surface area contributed by atoms with Gasteiger partial charge in [0.05, 0.1) is 28.7 Å². The average molecular weight is 459 g/mol. The Labute approximate surface area is 184 Å². The van der Waals surface area contributed by atoms with Crippen molar-refractivity contribution in [1.82, 2.24) is 24.5 Å². The summed E-state index contributed by atoms with van der Waals surface area (Å²) < 4.78 is 34.6. The number of tetrazole rings is 1. The van der Waals surface area contributed by atoms with Gasteiger partial charge in [-0.2, -0.15) is 4.31 Å². The Morgan fingerprint density at radius 2 is 1.84 bits per heavy atom. The first-order valence-electron chi connectivity index (χ1n) is 9.73. The van der Waals surface area contributed by atoms with E-state index >= 15 is 0 Å². The first kappa shape index (κ1) is 21.6. The number of aryl methyl sites for hydroxylation is 1. The first-order chi connectivity index (χ1) is 15.3. The van der Waals surface area contributed by atoms with Crippen LogP contribution in [0.5, 0.6) is 5.75 Å². The molecule has 3 aromatic rings. The zero-order chi connectivity index (χ0) is 22.9. The van der Waals surface area contributed by atoms with Crippen LogP contribution in [0.15, 0.2) is 47.6 Å². The standard InChI is InChI=1S/C19H21N7O5S/c1-14-3-4-15(25-13-20-21-22-25)11-19(14)32(29,30)24-9-7-23(8-10-24)17-6-5-16(31-2)12-18(17)26(27)28/h3-6,11-13H,7-10H2,1-2H3. The van der Waals surface area contributed by atoms with Crippen molar-refractivity contribution in [3.8, 4) is 11.4 Å². The normalized spacial score (nSPS) is 15.0. The first-order valence-corrected chi connectivity index (χ1v) is 11.2. The molecule has 1 aromatic heterocycles. The van der Waals surface area contributed by atoms with Crippen molar-refractivity contribution in [1.29, 1.82) is 0 Å². The molecule has 1 aliphatic rings. The number of piperazine rings is 1. The van der Waals surface area contributed by atoms with E-state index < -0.39 is 14.9 Å². The second-order valence-corrected chi connectivity index (χ2v) is 9.11. The zero-order valence-corrected chi connectivity index (χ0v) is 18.3. The SMILES string of the molecule is COc1ccc(N2CCN(S(=O)(=O)c3cc(-n4cnnn4)ccc3C)CC2)c([N+](=O)[O-])c1. The van der Waals surface area contributed by atoms with Gasteiger partial charge in [-0.1, -0.05) is 6.07 Å². The van der Waals surface area contributed by atoms with Gasteiger partial charge in [0.2, 0.25) is 10.0 Å². The van der Waals surface area contributed by atoms with Crippen LogP contribution in [0.1, 0.15) is 5.56 Å². The van der Waals surface area contributed by atoms with Gasteiger partial charge in [-0.15, -0.1) is 5.10 Å². The molecule has 0 atom stereocenters. The van der Waals surface area contributed by atoms with E-state index in [-0.39, 0.29) is 23.7 Å². The van der Waals surface area contributed by atoms with Crippen LogP contribution in [-0.2, 0) is 10.0 Å². The number of ether oxygens (including phenoxy) is 1. The molecule has 2 aromatic carbocycles. The van der Waals surface area contributed by atoms with Gasteiger partial charge in [0.25, 0.3) is 5.69 Å². The topological polar surface area (TPSA) is 137 Å². The molecule has 0 unspecified atom stereocenters. The molecule has 0 N–H and O–H groups in total. The molecule has 168 valence electrons. The number of aromatic nitrogens is 4. The van der Waals surface area contributed by atoms with Crippen molar-refractivity contribution in [2.24, 2.45) is 0 Å². The van der Waals surface area contributed by atoms with Crippen LogP contribution in [0, 0.1) is 17.0 Å². The van der Waals surface area contributed by atoms with Crippen LogP contribution in [0.25, 0.3) is 5.69 Å². The number of nitro groups is 1. The minimum atomic E-state index is -3.78. The molecule has 2 heterocycles. The summed E-state index contributed by atoms with van der Waals surface area (Å²) in [4.78, 5) is 13.0. The zero-order valence-electron chi connectivity index (χ0n) is 17.4. The highest BCUT2D eigenvalue weighted by Gasteiger charge is 2.32. The summed E-state index contributed by atoms with van der Waals surface area (Å²) in [5, 5.41) is 22.5. The molecule has 1 saturated heterocycles. The van der Waals surface area contributed by atoms with E-state index in [1.165, 1.54) is 28.5 Å². The Kier molecular flexibility index (Phi) is 5.76. The van der Waals surface area contributed by atoms with Gasteiger partial charge in [-0.05, 0) is 47.2 Å². The number of nitrogens with zero attached hydrogens (tertiary/aromatic N) is 7. The second-order valence-electron chi connectivity index (χ2n) is 7.21. The second kappa shape index (κ2) is 8.51. The lowest BCUT2D eigenvalue weighted by atomic mass is 10.2. The van der Waals surface area contributed by atoms with E-state index in [0.717, 1.165) is 0 Å². The number of anilines is 1. The largest absolute Gasteiger partial charge is 0.496 e. The fourth-order valence-corrected chi connectivity index (χ4v) is 5.31.